The smallest absolute Gasteiger partial charge is 0.255 e. The van der Waals surface area contributed by atoms with Crippen LogP contribution in [0.25, 0.3) is 0 Å². The molecule has 0 spiro atoms. The monoisotopic (exact) mass is 326 g/mol. The first-order valence-corrected chi connectivity index (χ1v) is 8.18. The number of aryl methyl sites for hydroxylation is 2. The third kappa shape index (κ3) is 4.14. The maximum absolute atomic E-state index is 12.8. The summed E-state index contributed by atoms with van der Waals surface area (Å²) in [5.74, 6) is 0.240. The van der Waals surface area contributed by atoms with Gasteiger partial charge in [0.05, 0.1) is 18.8 Å². The minimum Gasteiger partial charge on any atom is -0.379 e. The molecule has 6 heteroatoms. The Balaban J connectivity index is 1.71. The molecule has 2 aromatic heterocycles. The predicted molar refractivity (Wildman–Crippen MR) is 89.7 cm³/mol. The number of hydrogen-bond acceptors (Lipinski definition) is 5. The largest absolute Gasteiger partial charge is 0.379 e. The molecule has 1 fully saturated rings. The van der Waals surface area contributed by atoms with Crippen LogP contribution in [-0.2, 0) is 11.2 Å². The second kappa shape index (κ2) is 7.49. The molecule has 3 rings (SSSR count). The van der Waals surface area contributed by atoms with Crippen molar-refractivity contribution < 1.29 is 9.53 Å². The molecule has 1 amide bonds. The van der Waals surface area contributed by atoms with Crippen molar-refractivity contribution in [3.05, 3.63) is 53.4 Å². The zero-order valence-corrected chi connectivity index (χ0v) is 14.1. The molecule has 0 aromatic carbocycles. The molecule has 0 bridgehead atoms. The van der Waals surface area contributed by atoms with E-state index in [1.54, 1.807) is 18.7 Å². The van der Waals surface area contributed by atoms with E-state index < -0.39 is 0 Å². The second-order valence-corrected chi connectivity index (χ2v) is 6.30. The summed E-state index contributed by atoms with van der Waals surface area (Å²) < 4.78 is 5.70. The van der Waals surface area contributed by atoms with Crippen molar-refractivity contribution in [3.63, 3.8) is 0 Å². The molecule has 0 unspecified atom stereocenters. The van der Waals surface area contributed by atoms with E-state index in [0.29, 0.717) is 31.9 Å². The Bertz CT molecular complexity index is 720. The standard InChI is InChI=1S/C18H22N4O2/c1-13-5-16(9-19-8-13)18(23)22-3-4-24-11-15(10-22)7-17-6-14(2)20-12-21-17/h5-6,8-9,12,15H,3-4,7,10-11H2,1-2H3/t15-/m0/s1. The molecule has 1 aliphatic rings. The van der Waals surface area contributed by atoms with E-state index in [2.05, 4.69) is 15.0 Å². The van der Waals surface area contributed by atoms with E-state index >= 15 is 0 Å². The van der Waals surface area contributed by atoms with Crippen molar-refractivity contribution in [2.75, 3.05) is 26.3 Å². The van der Waals surface area contributed by atoms with E-state index in [4.69, 9.17) is 4.74 Å². The first kappa shape index (κ1) is 16.5. The van der Waals surface area contributed by atoms with Crippen LogP contribution in [0.1, 0.15) is 27.3 Å². The maximum atomic E-state index is 12.8. The first-order chi connectivity index (χ1) is 11.6. The zero-order valence-electron chi connectivity index (χ0n) is 14.1. The van der Waals surface area contributed by atoms with Crippen molar-refractivity contribution in [2.45, 2.75) is 20.3 Å². The van der Waals surface area contributed by atoms with Gasteiger partial charge in [0.25, 0.3) is 5.91 Å². The van der Waals surface area contributed by atoms with E-state index in [1.807, 2.05) is 30.9 Å². The minimum absolute atomic E-state index is 0.0144. The summed E-state index contributed by atoms with van der Waals surface area (Å²) in [5, 5.41) is 0. The second-order valence-electron chi connectivity index (χ2n) is 6.30. The topological polar surface area (TPSA) is 68.2 Å². The Morgan fingerprint density at radius 3 is 2.96 bits per heavy atom. The Labute approximate surface area is 141 Å². The van der Waals surface area contributed by atoms with Crippen molar-refractivity contribution in [2.24, 2.45) is 5.92 Å². The fraction of sp³-hybridized carbons (Fsp3) is 0.444. The predicted octanol–water partition coefficient (Wildman–Crippen LogP) is 1.82. The molecule has 24 heavy (non-hydrogen) atoms. The van der Waals surface area contributed by atoms with Crippen molar-refractivity contribution in [1.29, 1.82) is 0 Å². The molecule has 0 aliphatic carbocycles. The number of ether oxygens (including phenoxy) is 1. The lowest BCUT2D eigenvalue weighted by Crippen LogP contribution is -2.36. The first-order valence-electron chi connectivity index (χ1n) is 8.18. The Morgan fingerprint density at radius 2 is 2.17 bits per heavy atom. The third-order valence-corrected chi connectivity index (χ3v) is 4.11. The van der Waals surface area contributed by atoms with E-state index in [1.165, 1.54) is 0 Å². The van der Waals surface area contributed by atoms with Gasteiger partial charge in [-0.2, -0.15) is 0 Å². The molecule has 0 radical (unpaired) electrons. The summed E-state index contributed by atoms with van der Waals surface area (Å²) in [5.41, 5.74) is 3.56. The molecule has 1 aliphatic heterocycles. The minimum atomic E-state index is 0.0144. The molecular weight excluding hydrogens is 304 g/mol. The molecule has 6 nitrogen and oxygen atoms in total. The lowest BCUT2D eigenvalue weighted by molar-refractivity contribution is 0.0736. The van der Waals surface area contributed by atoms with Crippen LogP contribution in [0.15, 0.2) is 30.9 Å². The summed E-state index contributed by atoms with van der Waals surface area (Å²) in [4.78, 5) is 27.2. The van der Waals surface area contributed by atoms with Gasteiger partial charge >= 0.3 is 0 Å². The van der Waals surface area contributed by atoms with Gasteiger partial charge in [-0.1, -0.05) is 0 Å². The van der Waals surface area contributed by atoms with Crippen molar-refractivity contribution in [1.82, 2.24) is 19.9 Å². The van der Waals surface area contributed by atoms with Crippen LogP contribution in [-0.4, -0.2) is 52.1 Å². The van der Waals surface area contributed by atoms with Gasteiger partial charge in [0, 0.05) is 42.8 Å². The highest BCUT2D eigenvalue weighted by atomic mass is 16.5. The van der Waals surface area contributed by atoms with Gasteiger partial charge < -0.3 is 9.64 Å². The summed E-state index contributed by atoms with van der Waals surface area (Å²) in [6.07, 6.45) is 5.75. The Kier molecular flexibility index (Phi) is 5.15. The molecule has 2 aromatic rings. The highest BCUT2D eigenvalue weighted by molar-refractivity contribution is 5.94. The number of amides is 1. The van der Waals surface area contributed by atoms with Crippen LogP contribution < -0.4 is 0 Å². The highest BCUT2D eigenvalue weighted by Crippen LogP contribution is 2.15. The zero-order chi connectivity index (χ0) is 16.9. The molecule has 126 valence electrons. The van der Waals surface area contributed by atoms with Crippen molar-refractivity contribution in [3.8, 4) is 0 Å². The van der Waals surface area contributed by atoms with E-state index in [9.17, 15) is 4.79 Å². The molecule has 3 heterocycles. The van der Waals surface area contributed by atoms with E-state index in [0.717, 1.165) is 23.4 Å². The molecule has 1 saturated heterocycles. The number of pyridine rings is 1. The van der Waals surface area contributed by atoms with Crippen LogP contribution in [0.3, 0.4) is 0 Å². The summed E-state index contributed by atoms with van der Waals surface area (Å²) >= 11 is 0. The summed E-state index contributed by atoms with van der Waals surface area (Å²) in [7, 11) is 0. The quantitative estimate of drug-likeness (QED) is 0.860. The molecule has 0 N–H and O–H groups in total. The number of aromatic nitrogens is 3. The van der Waals surface area contributed by atoms with Crippen LogP contribution in [0.4, 0.5) is 0 Å². The van der Waals surface area contributed by atoms with E-state index in [-0.39, 0.29) is 11.8 Å². The molecule has 1 atom stereocenters. The van der Waals surface area contributed by atoms with Crippen LogP contribution in [0, 0.1) is 19.8 Å². The van der Waals surface area contributed by atoms with Gasteiger partial charge in [0.15, 0.2) is 0 Å². The van der Waals surface area contributed by atoms with Crippen molar-refractivity contribution >= 4 is 5.91 Å². The normalized spacial score (nSPS) is 18.2. The van der Waals surface area contributed by atoms with Gasteiger partial charge in [0.2, 0.25) is 0 Å². The number of nitrogens with zero attached hydrogens (tertiary/aromatic N) is 4. The number of rotatable bonds is 3. The van der Waals surface area contributed by atoms with Gasteiger partial charge in [-0.05, 0) is 38.0 Å². The number of carbonyl (C=O) groups excluding carboxylic acids is 1. The van der Waals surface area contributed by atoms with Gasteiger partial charge in [-0.3, -0.25) is 9.78 Å². The van der Waals surface area contributed by atoms with Gasteiger partial charge in [-0.25, -0.2) is 9.97 Å². The number of carbonyl (C=O) groups is 1. The summed E-state index contributed by atoms with van der Waals surface area (Å²) in [6, 6.07) is 3.87. The fourth-order valence-corrected chi connectivity index (χ4v) is 2.96. The van der Waals surface area contributed by atoms with Crippen LogP contribution in [0.2, 0.25) is 0 Å². The van der Waals surface area contributed by atoms with Gasteiger partial charge in [0.1, 0.15) is 6.33 Å². The Hall–Kier alpha value is -2.34. The highest BCUT2D eigenvalue weighted by Gasteiger charge is 2.24. The lowest BCUT2D eigenvalue weighted by Gasteiger charge is -2.23. The van der Waals surface area contributed by atoms with Crippen LogP contribution in [0.5, 0.6) is 0 Å². The van der Waals surface area contributed by atoms with Gasteiger partial charge in [-0.15, -0.1) is 0 Å². The van der Waals surface area contributed by atoms with Crippen LogP contribution >= 0.6 is 0 Å². The maximum Gasteiger partial charge on any atom is 0.255 e. The molecular formula is C18H22N4O2. The lowest BCUT2D eigenvalue weighted by atomic mass is 10.0. The fourth-order valence-electron chi connectivity index (χ4n) is 2.96. The molecule has 0 saturated carbocycles. The average molecular weight is 326 g/mol. The summed E-state index contributed by atoms with van der Waals surface area (Å²) in [6.45, 7) is 6.36. The number of hydrogen-bond donors (Lipinski definition) is 0. The third-order valence-electron chi connectivity index (χ3n) is 4.11. The Morgan fingerprint density at radius 1 is 1.29 bits per heavy atom. The average Bonchev–Trinajstić information content (AvgIpc) is 2.80. The SMILES string of the molecule is Cc1cncc(C(=O)N2CCOC[C@@H](Cc3cc(C)ncn3)C2)c1.